The summed E-state index contributed by atoms with van der Waals surface area (Å²) in [4.78, 5) is 6.18. The third-order valence-electron chi connectivity index (χ3n) is 5.18. The molecule has 0 radical (unpaired) electrons. The highest BCUT2D eigenvalue weighted by molar-refractivity contribution is 7.89. The van der Waals surface area contributed by atoms with Crippen LogP contribution in [0.5, 0.6) is 0 Å². The quantitative estimate of drug-likeness (QED) is 0.607. The molecule has 0 fully saturated rings. The van der Waals surface area contributed by atoms with E-state index in [9.17, 15) is 8.42 Å². The molecule has 6 heteroatoms. The summed E-state index contributed by atoms with van der Waals surface area (Å²) in [5.74, 6) is 0.381. The maximum absolute atomic E-state index is 13.1. The molecule has 0 spiro atoms. The molecule has 0 saturated carbocycles. The average Bonchev–Trinajstić information content (AvgIpc) is 3.12. The molecule has 3 aromatic rings. The SMILES string of the molecule is Cc1ccc(-c2nc3c(s2)CN(S(=O)(=O)c2ccc(C(C)C)cc2)CC3)cc1. The summed E-state index contributed by atoms with van der Waals surface area (Å²) >= 11 is 1.60. The van der Waals surface area contributed by atoms with Gasteiger partial charge in [-0.2, -0.15) is 4.31 Å². The lowest BCUT2D eigenvalue weighted by Crippen LogP contribution is -2.35. The molecule has 0 unspecified atom stereocenters. The minimum Gasteiger partial charge on any atom is -0.241 e. The normalized spacial score (nSPS) is 15.0. The third-order valence-corrected chi connectivity index (χ3v) is 8.17. The second-order valence-corrected chi connectivity index (χ2v) is 10.6. The Hall–Kier alpha value is -2.02. The number of hydrogen-bond acceptors (Lipinski definition) is 4. The molecular formula is C22H24N2O2S2. The summed E-state index contributed by atoms with van der Waals surface area (Å²) in [6.07, 6.45) is 0.654. The van der Waals surface area contributed by atoms with Crippen molar-refractivity contribution in [3.05, 3.63) is 70.2 Å². The second kappa shape index (κ2) is 7.43. The zero-order valence-corrected chi connectivity index (χ0v) is 18.0. The number of nitrogens with zero attached hydrogens (tertiary/aromatic N) is 2. The number of aryl methyl sites for hydroxylation is 1. The van der Waals surface area contributed by atoms with Crippen LogP contribution in [0.15, 0.2) is 53.4 Å². The van der Waals surface area contributed by atoms with Crippen molar-refractivity contribution in [2.24, 2.45) is 0 Å². The van der Waals surface area contributed by atoms with Crippen molar-refractivity contribution in [3.63, 3.8) is 0 Å². The summed E-state index contributed by atoms with van der Waals surface area (Å²) in [7, 11) is -3.50. The molecule has 0 amide bonds. The fraction of sp³-hybridized carbons (Fsp3) is 0.318. The molecular weight excluding hydrogens is 388 g/mol. The van der Waals surface area contributed by atoms with E-state index in [1.54, 1.807) is 27.8 Å². The summed E-state index contributed by atoms with van der Waals surface area (Å²) in [6, 6.07) is 15.6. The zero-order chi connectivity index (χ0) is 19.9. The fourth-order valence-corrected chi connectivity index (χ4v) is 5.99. The Balaban J connectivity index is 1.58. The lowest BCUT2D eigenvalue weighted by atomic mass is 10.0. The van der Waals surface area contributed by atoms with E-state index in [1.807, 2.05) is 12.1 Å². The molecule has 2 heterocycles. The molecule has 4 rings (SSSR count). The van der Waals surface area contributed by atoms with Crippen LogP contribution >= 0.6 is 11.3 Å². The van der Waals surface area contributed by atoms with Crippen molar-refractivity contribution in [2.75, 3.05) is 6.54 Å². The van der Waals surface area contributed by atoms with Crippen LogP contribution in [0, 0.1) is 6.92 Å². The standard InChI is InChI=1S/C22H24N2O2S2/c1-15(2)17-8-10-19(11-9-17)28(25,26)24-13-12-20-21(14-24)27-22(23-20)18-6-4-16(3)5-7-18/h4-11,15H,12-14H2,1-3H3. The molecule has 0 atom stereocenters. The molecule has 0 saturated heterocycles. The monoisotopic (exact) mass is 412 g/mol. The Morgan fingerprint density at radius 2 is 1.71 bits per heavy atom. The predicted molar refractivity (Wildman–Crippen MR) is 114 cm³/mol. The first-order valence-corrected chi connectivity index (χ1v) is 11.8. The highest BCUT2D eigenvalue weighted by atomic mass is 32.2. The number of benzene rings is 2. The van der Waals surface area contributed by atoms with Crippen LogP contribution in [-0.4, -0.2) is 24.3 Å². The van der Waals surface area contributed by atoms with Gasteiger partial charge in [0.2, 0.25) is 10.0 Å². The molecule has 146 valence electrons. The van der Waals surface area contributed by atoms with Crippen molar-refractivity contribution in [1.82, 2.24) is 9.29 Å². The number of rotatable bonds is 4. The van der Waals surface area contributed by atoms with E-state index < -0.39 is 10.0 Å². The lowest BCUT2D eigenvalue weighted by molar-refractivity contribution is 0.393. The molecule has 28 heavy (non-hydrogen) atoms. The van der Waals surface area contributed by atoms with E-state index >= 15 is 0 Å². The van der Waals surface area contributed by atoms with E-state index in [-0.39, 0.29) is 0 Å². The van der Waals surface area contributed by atoms with Crippen LogP contribution in [-0.2, 0) is 23.0 Å². The van der Waals surface area contributed by atoms with Gasteiger partial charge in [0, 0.05) is 23.4 Å². The van der Waals surface area contributed by atoms with E-state index in [1.165, 1.54) is 5.56 Å². The lowest BCUT2D eigenvalue weighted by Gasteiger charge is -2.25. The average molecular weight is 413 g/mol. The summed E-state index contributed by atoms with van der Waals surface area (Å²) < 4.78 is 27.8. The van der Waals surface area contributed by atoms with Gasteiger partial charge in [0.1, 0.15) is 5.01 Å². The van der Waals surface area contributed by atoms with E-state index in [0.29, 0.717) is 30.3 Å². The van der Waals surface area contributed by atoms with Gasteiger partial charge in [0.05, 0.1) is 17.1 Å². The van der Waals surface area contributed by atoms with Gasteiger partial charge >= 0.3 is 0 Å². The molecule has 1 aliphatic rings. The van der Waals surface area contributed by atoms with Gasteiger partial charge in [-0.05, 0) is 30.5 Å². The molecule has 1 aliphatic heterocycles. The van der Waals surface area contributed by atoms with Gasteiger partial charge in [-0.1, -0.05) is 55.8 Å². The van der Waals surface area contributed by atoms with E-state index in [4.69, 9.17) is 4.98 Å². The smallest absolute Gasteiger partial charge is 0.241 e. The number of fused-ring (bicyclic) bond motifs is 1. The van der Waals surface area contributed by atoms with Crippen LogP contribution in [0.3, 0.4) is 0 Å². The predicted octanol–water partition coefficient (Wildman–Crippen LogP) is 4.99. The van der Waals surface area contributed by atoms with Crippen LogP contribution < -0.4 is 0 Å². The van der Waals surface area contributed by atoms with Crippen molar-refractivity contribution in [3.8, 4) is 10.6 Å². The maximum Gasteiger partial charge on any atom is 0.243 e. The van der Waals surface area contributed by atoms with Crippen LogP contribution in [0.25, 0.3) is 10.6 Å². The van der Waals surface area contributed by atoms with Gasteiger partial charge in [-0.15, -0.1) is 11.3 Å². The van der Waals surface area contributed by atoms with Crippen molar-refractivity contribution < 1.29 is 8.42 Å². The fourth-order valence-electron chi connectivity index (χ4n) is 3.37. The Morgan fingerprint density at radius 3 is 2.36 bits per heavy atom. The van der Waals surface area contributed by atoms with Gasteiger partial charge in [0.25, 0.3) is 0 Å². The third kappa shape index (κ3) is 3.64. The van der Waals surface area contributed by atoms with E-state index in [0.717, 1.165) is 26.7 Å². The second-order valence-electron chi connectivity index (χ2n) is 7.57. The molecule has 0 aliphatic carbocycles. The molecule has 1 aromatic heterocycles. The Bertz CT molecular complexity index is 1080. The van der Waals surface area contributed by atoms with Gasteiger partial charge in [0.15, 0.2) is 0 Å². The minimum atomic E-state index is -3.50. The Labute approximate surface area is 170 Å². The molecule has 0 N–H and O–H groups in total. The number of aromatic nitrogens is 1. The zero-order valence-electron chi connectivity index (χ0n) is 16.3. The first kappa shape index (κ1) is 19.3. The molecule has 4 nitrogen and oxygen atoms in total. The van der Waals surface area contributed by atoms with Gasteiger partial charge in [-0.3, -0.25) is 0 Å². The summed E-state index contributed by atoms with van der Waals surface area (Å²) in [5, 5.41) is 0.963. The summed E-state index contributed by atoms with van der Waals surface area (Å²) in [5.41, 5.74) is 4.47. The number of thiazole rings is 1. The van der Waals surface area contributed by atoms with Gasteiger partial charge < -0.3 is 0 Å². The van der Waals surface area contributed by atoms with Crippen molar-refractivity contribution in [1.29, 1.82) is 0 Å². The van der Waals surface area contributed by atoms with Crippen LogP contribution in [0.4, 0.5) is 0 Å². The first-order chi connectivity index (χ1) is 13.3. The number of sulfonamides is 1. The van der Waals surface area contributed by atoms with Crippen molar-refractivity contribution in [2.45, 2.75) is 44.6 Å². The minimum absolute atomic E-state index is 0.364. The first-order valence-electron chi connectivity index (χ1n) is 9.50. The maximum atomic E-state index is 13.1. The summed E-state index contributed by atoms with van der Waals surface area (Å²) in [6.45, 7) is 7.13. The Kier molecular flexibility index (Phi) is 5.12. The van der Waals surface area contributed by atoms with Crippen LogP contribution in [0.2, 0.25) is 0 Å². The van der Waals surface area contributed by atoms with Crippen LogP contribution in [0.1, 0.15) is 41.5 Å². The van der Waals surface area contributed by atoms with Gasteiger partial charge in [-0.25, -0.2) is 13.4 Å². The van der Waals surface area contributed by atoms with Crippen molar-refractivity contribution >= 4 is 21.4 Å². The topological polar surface area (TPSA) is 50.3 Å². The largest absolute Gasteiger partial charge is 0.243 e. The molecule has 2 aromatic carbocycles. The van der Waals surface area contributed by atoms with E-state index in [2.05, 4.69) is 45.0 Å². The highest BCUT2D eigenvalue weighted by Crippen LogP contribution is 2.33. The highest BCUT2D eigenvalue weighted by Gasteiger charge is 2.30. The Morgan fingerprint density at radius 1 is 1.04 bits per heavy atom. The number of hydrogen-bond donors (Lipinski definition) is 0. The molecule has 0 bridgehead atoms.